The number of rotatable bonds is 7. The molecule has 122 valence electrons. The van der Waals surface area contributed by atoms with Gasteiger partial charge in [0.1, 0.15) is 5.76 Å². The van der Waals surface area contributed by atoms with Gasteiger partial charge in [-0.1, -0.05) is 13.8 Å². The smallest absolute Gasteiger partial charge is 0.274 e. The van der Waals surface area contributed by atoms with Crippen LogP contribution in [-0.2, 0) is 16.6 Å². The van der Waals surface area contributed by atoms with Crippen LogP contribution in [0.2, 0.25) is 0 Å². The molecule has 7 heteroatoms. The van der Waals surface area contributed by atoms with Gasteiger partial charge in [0.25, 0.3) is 10.0 Å². The van der Waals surface area contributed by atoms with E-state index in [-0.39, 0.29) is 23.2 Å². The highest BCUT2D eigenvalue weighted by Crippen LogP contribution is 2.16. The van der Waals surface area contributed by atoms with Crippen LogP contribution in [0.3, 0.4) is 0 Å². The Morgan fingerprint density at radius 2 is 1.90 bits per heavy atom. The van der Waals surface area contributed by atoms with Crippen LogP contribution >= 0.6 is 0 Å². The molecule has 1 atom stereocenters. The van der Waals surface area contributed by atoms with Gasteiger partial charge in [0.15, 0.2) is 0 Å². The molecule has 0 amide bonds. The average molecular weight is 318 g/mol. The second-order valence-electron chi connectivity index (χ2n) is 6.48. The van der Waals surface area contributed by atoms with Gasteiger partial charge in [-0.25, -0.2) is 13.1 Å². The molecule has 1 unspecified atom stereocenters. The summed E-state index contributed by atoms with van der Waals surface area (Å²) < 4.78 is 32.2. The van der Waals surface area contributed by atoms with E-state index in [4.69, 9.17) is 4.42 Å². The lowest BCUT2D eigenvalue weighted by atomic mass is 10.1. The van der Waals surface area contributed by atoms with Crippen LogP contribution in [0.1, 0.15) is 40.4 Å². The first-order valence-electron chi connectivity index (χ1n) is 7.02. The zero-order valence-electron chi connectivity index (χ0n) is 13.3. The Morgan fingerprint density at radius 1 is 1.29 bits per heavy atom. The number of nitrogens with one attached hydrogen (secondary N) is 2. The quantitative estimate of drug-likeness (QED) is 0.708. The van der Waals surface area contributed by atoms with Crippen LogP contribution in [0.5, 0.6) is 0 Å². The lowest BCUT2D eigenvalue weighted by molar-refractivity contribution is 0.227. The van der Waals surface area contributed by atoms with Crippen molar-refractivity contribution >= 4 is 10.0 Å². The average Bonchev–Trinajstić information content (AvgIpc) is 2.82. The number of aliphatic hydroxyl groups is 1. The van der Waals surface area contributed by atoms with E-state index in [0.29, 0.717) is 12.3 Å². The van der Waals surface area contributed by atoms with Crippen molar-refractivity contribution in [1.29, 1.82) is 0 Å². The van der Waals surface area contributed by atoms with Crippen molar-refractivity contribution in [2.45, 2.75) is 57.8 Å². The molecule has 1 rings (SSSR count). The molecular formula is C14H26N2O4S. The fourth-order valence-electron chi connectivity index (χ4n) is 1.59. The van der Waals surface area contributed by atoms with Gasteiger partial charge in [0.2, 0.25) is 5.09 Å². The molecule has 6 nitrogen and oxygen atoms in total. The number of hydrogen-bond donors (Lipinski definition) is 3. The summed E-state index contributed by atoms with van der Waals surface area (Å²) in [7, 11) is -3.75. The predicted octanol–water partition coefficient (Wildman–Crippen LogP) is 1.46. The molecule has 0 bridgehead atoms. The molecule has 0 radical (unpaired) electrons. The van der Waals surface area contributed by atoms with Crippen molar-refractivity contribution in [3.63, 3.8) is 0 Å². The van der Waals surface area contributed by atoms with E-state index in [2.05, 4.69) is 10.0 Å². The van der Waals surface area contributed by atoms with Gasteiger partial charge in [-0.3, -0.25) is 0 Å². The van der Waals surface area contributed by atoms with Gasteiger partial charge in [-0.2, -0.15) is 0 Å². The standard InChI is InChI=1S/C14H26N2O4S/c1-10(2)12(9-17)16-21(18,19)13-7-6-11(20-13)8-15-14(3,4)5/h6-7,10,12,15-17H,8-9H2,1-5H3. The summed E-state index contributed by atoms with van der Waals surface area (Å²) >= 11 is 0. The molecule has 3 N–H and O–H groups in total. The van der Waals surface area contributed by atoms with E-state index < -0.39 is 16.1 Å². The first kappa shape index (κ1) is 18.2. The first-order valence-corrected chi connectivity index (χ1v) is 8.50. The predicted molar refractivity (Wildman–Crippen MR) is 81.3 cm³/mol. The lowest BCUT2D eigenvalue weighted by Crippen LogP contribution is -2.40. The second kappa shape index (κ2) is 6.91. The fourth-order valence-corrected chi connectivity index (χ4v) is 2.92. The Hall–Kier alpha value is -0.890. The minimum Gasteiger partial charge on any atom is -0.447 e. The van der Waals surface area contributed by atoms with Crippen LogP contribution in [0.25, 0.3) is 0 Å². The molecule has 0 fully saturated rings. The van der Waals surface area contributed by atoms with Gasteiger partial charge in [0.05, 0.1) is 13.2 Å². The summed E-state index contributed by atoms with van der Waals surface area (Å²) in [6, 6.07) is 2.53. The number of sulfonamides is 1. The minimum atomic E-state index is -3.75. The Bertz CT molecular complexity index is 544. The van der Waals surface area contributed by atoms with Gasteiger partial charge in [-0.05, 0) is 38.8 Å². The minimum absolute atomic E-state index is 0.0123. The molecule has 0 saturated carbocycles. The molecular weight excluding hydrogens is 292 g/mol. The van der Waals surface area contributed by atoms with Crippen molar-refractivity contribution in [1.82, 2.24) is 10.0 Å². The summed E-state index contributed by atoms with van der Waals surface area (Å²) in [5.41, 5.74) is -0.0797. The number of furan rings is 1. The third-order valence-corrected chi connectivity index (χ3v) is 4.36. The highest BCUT2D eigenvalue weighted by Gasteiger charge is 2.25. The van der Waals surface area contributed by atoms with Gasteiger partial charge in [0, 0.05) is 11.6 Å². The van der Waals surface area contributed by atoms with Crippen molar-refractivity contribution in [2.75, 3.05) is 6.61 Å². The zero-order valence-corrected chi connectivity index (χ0v) is 14.1. The summed E-state index contributed by atoms with van der Waals surface area (Å²) in [5, 5.41) is 12.3. The largest absolute Gasteiger partial charge is 0.447 e. The SMILES string of the molecule is CC(C)C(CO)NS(=O)(=O)c1ccc(CNC(C)(C)C)o1. The summed E-state index contributed by atoms with van der Waals surface area (Å²) in [4.78, 5) is 0. The third-order valence-electron chi connectivity index (χ3n) is 3.00. The van der Waals surface area contributed by atoms with Gasteiger partial charge in [-0.15, -0.1) is 0 Å². The van der Waals surface area contributed by atoms with Crippen LogP contribution in [-0.4, -0.2) is 31.7 Å². The molecule has 21 heavy (non-hydrogen) atoms. The van der Waals surface area contributed by atoms with E-state index in [1.807, 2.05) is 34.6 Å². The van der Waals surface area contributed by atoms with E-state index >= 15 is 0 Å². The van der Waals surface area contributed by atoms with Crippen molar-refractivity contribution in [2.24, 2.45) is 5.92 Å². The summed E-state index contributed by atoms with van der Waals surface area (Å²) in [6.07, 6.45) is 0. The Kier molecular flexibility index (Phi) is 5.98. The molecule has 1 aromatic rings. The van der Waals surface area contributed by atoms with E-state index in [9.17, 15) is 13.5 Å². The molecule has 0 aromatic carbocycles. The number of aliphatic hydroxyl groups excluding tert-OH is 1. The maximum Gasteiger partial charge on any atom is 0.274 e. The van der Waals surface area contributed by atoms with Crippen molar-refractivity contribution < 1.29 is 17.9 Å². The molecule has 0 spiro atoms. The van der Waals surface area contributed by atoms with Gasteiger partial charge < -0.3 is 14.8 Å². The van der Waals surface area contributed by atoms with Crippen molar-refractivity contribution in [3.05, 3.63) is 17.9 Å². The van der Waals surface area contributed by atoms with Crippen LogP contribution in [0.4, 0.5) is 0 Å². The zero-order chi connectivity index (χ0) is 16.3. The molecule has 0 saturated heterocycles. The summed E-state index contributed by atoms with van der Waals surface area (Å²) in [5.74, 6) is 0.539. The van der Waals surface area contributed by atoms with Crippen molar-refractivity contribution in [3.8, 4) is 0 Å². The maximum atomic E-state index is 12.2. The van der Waals surface area contributed by atoms with Crippen LogP contribution in [0.15, 0.2) is 21.6 Å². The Morgan fingerprint density at radius 3 is 2.38 bits per heavy atom. The normalized spacial score (nSPS) is 14.6. The molecule has 0 aliphatic heterocycles. The Balaban J connectivity index is 2.79. The lowest BCUT2D eigenvalue weighted by Gasteiger charge is -2.19. The first-order chi connectivity index (χ1) is 9.55. The Labute approximate surface area is 127 Å². The van der Waals surface area contributed by atoms with E-state index in [1.54, 1.807) is 6.07 Å². The highest BCUT2D eigenvalue weighted by molar-refractivity contribution is 7.89. The summed E-state index contributed by atoms with van der Waals surface area (Å²) in [6.45, 7) is 9.92. The molecule has 1 aromatic heterocycles. The van der Waals surface area contributed by atoms with E-state index in [0.717, 1.165) is 0 Å². The fraction of sp³-hybridized carbons (Fsp3) is 0.714. The topological polar surface area (TPSA) is 91.6 Å². The molecule has 1 heterocycles. The molecule has 0 aliphatic rings. The second-order valence-corrected chi connectivity index (χ2v) is 8.12. The van der Waals surface area contributed by atoms with Crippen LogP contribution in [0, 0.1) is 5.92 Å². The number of hydrogen-bond acceptors (Lipinski definition) is 5. The maximum absolute atomic E-state index is 12.2. The molecule has 0 aliphatic carbocycles. The third kappa shape index (κ3) is 5.78. The van der Waals surface area contributed by atoms with Gasteiger partial charge >= 0.3 is 0 Å². The highest BCUT2D eigenvalue weighted by atomic mass is 32.2. The monoisotopic (exact) mass is 318 g/mol. The van der Waals surface area contributed by atoms with E-state index in [1.165, 1.54) is 6.07 Å². The van der Waals surface area contributed by atoms with Crippen LogP contribution < -0.4 is 10.0 Å².